The third kappa shape index (κ3) is 2.61. The van der Waals surface area contributed by atoms with Crippen molar-refractivity contribution in [2.75, 3.05) is 0 Å². The van der Waals surface area contributed by atoms with Crippen LogP contribution in [0.4, 0.5) is 0 Å². The molecule has 0 saturated carbocycles. The van der Waals surface area contributed by atoms with Crippen LogP contribution in [-0.4, -0.2) is 26.5 Å². The molecule has 1 aromatic carbocycles. The maximum Gasteiger partial charge on any atom is 0.354 e. The molecule has 0 N–H and O–H groups in total. The van der Waals surface area contributed by atoms with Crippen molar-refractivity contribution in [1.29, 1.82) is 0 Å². The lowest BCUT2D eigenvalue weighted by atomic mass is 10.2. The Morgan fingerprint density at radius 3 is 2.55 bits per heavy atom. The molecule has 0 saturated heterocycles. The Bertz CT molecular complexity index is 746. The number of hydrogen-bond acceptors (Lipinski definition) is 5. The summed E-state index contributed by atoms with van der Waals surface area (Å²) in [7, 11) is 0. The summed E-state index contributed by atoms with van der Waals surface area (Å²) in [5, 5.41) is 3.61. The molecule has 0 fully saturated rings. The van der Waals surface area contributed by atoms with Gasteiger partial charge in [0.25, 0.3) is 11.5 Å². The first-order chi connectivity index (χ1) is 9.65. The summed E-state index contributed by atoms with van der Waals surface area (Å²) in [6.07, 6.45) is 1.58. The Morgan fingerprint density at radius 2 is 1.90 bits per heavy atom. The number of benzene rings is 1. The van der Waals surface area contributed by atoms with Gasteiger partial charge in [-0.2, -0.15) is 9.67 Å². The zero-order valence-corrected chi connectivity index (χ0v) is 10.4. The van der Waals surface area contributed by atoms with E-state index in [9.17, 15) is 19.2 Å². The number of nitrogens with zero attached hydrogens (tertiary/aromatic N) is 3. The summed E-state index contributed by atoms with van der Waals surface area (Å²) >= 11 is 0. The third-order valence-electron chi connectivity index (χ3n) is 2.62. The molecule has 102 valence electrons. The van der Waals surface area contributed by atoms with E-state index in [-0.39, 0.29) is 18.5 Å². The fourth-order valence-electron chi connectivity index (χ4n) is 1.66. The van der Waals surface area contributed by atoms with Gasteiger partial charge >= 0.3 is 5.69 Å². The normalized spacial score (nSPS) is 10.2. The van der Waals surface area contributed by atoms with Gasteiger partial charge in [-0.25, -0.2) is 9.48 Å². The van der Waals surface area contributed by atoms with Crippen molar-refractivity contribution in [3.63, 3.8) is 0 Å². The van der Waals surface area contributed by atoms with Crippen LogP contribution in [0.5, 0.6) is 0 Å². The van der Waals surface area contributed by atoms with E-state index in [1.54, 1.807) is 18.2 Å². The monoisotopic (exact) mass is 273 g/mol. The van der Waals surface area contributed by atoms with E-state index < -0.39 is 17.2 Å². The molecular formula is C13H11N3O4. The standard InChI is InChI=1S/C13H11N3O4/c17-8-4-7-15-13(20)16(11(18)9-14-15)12(19)10-5-2-1-3-6-10/h1-3,5-6,8-9H,4,7H2. The maximum absolute atomic E-state index is 12.2. The quantitative estimate of drug-likeness (QED) is 0.712. The Balaban J connectivity index is 2.51. The molecule has 7 heteroatoms. The first-order valence-corrected chi connectivity index (χ1v) is 5.87. The number of carbonyl (C=O) groups excluding carboxylic acids is 2. The lowest BCUT2D eigenvalue weighted by Crippen LogP contribution is -2.44. The van der Waals surface area contributed by atoms with Crippen molar-refractivity contribution in [2.45, 2.75) is 13.0 Å². The van der Waals surface area contributed by atoms with E-state index in [2.05, 4.69) is 5.10 Å². The van der Waals surface area contributed by atoms with Crippen molar-refractivity contribution in [2.24, 2.45) is 0 Å². The first kappa shape index (κ1) is 13.6. The highest BCUT2D eigenvalue weighted by Crippen LogP contribution is 1.99. The molecule has 0 aliphatic heterocycles. The molecule has 0 radical (unpaired) electrons. The Kier molecular flexibility index (Phi) is 3.99. The van der Waals surface area contributed by atoms with Gasteiger partial charge in [-0.05, 0) is 12.1 Å². The lowest BCUT2D eigenvalue weighted by Gasteiger charge is -2.06. The fraction of sp³-hybridized carbons (Fsp3) is 0.154. The minimum absolute atomic E-state index is 0.0185. The van der Waals surface area contributed by atoms with Crippen LogP contribution in [0.3, 0.4) is 0 Å². The van der Waals surface area contributed by atoms with E-state index in [0.717, 1.165) is 10.9 Å². The van der Waals surface area contributed by atoms with Gasteiger partial charge in [-0.15, -0.1) is 0 Å². The Morgan fingerprint density at radius 1 is 1.20 bits per heavy atom. The minimum atomic E-state index is -0.854. The van der Waals surface area contributed by atoms with Crippen molar-refractivity contribution in [3.05, 3.63) is 62.9 Å². The van der Waals surface area contributed by atoms with Crippen LogP contribution in [0.25, 0.3) is 0 Å². The molecule has 0 bridgehead atoms. The van der Waals surface area contributed by atoms with E-state index in [0.29, 0.717) is 10.9 Å². The zero-order chi connectivity index (χ0) is 14.5. The Labute approximate surface area is 113 Å². The number of carbonyl (C=O) groups is 2. The summed E-state index contributed by atoms with van der Waals surface area (Å²) in [4.78, 5) is 46.2. The van der Waals surface area contributed by atoms with Crippen molar-refractivity contribution in [1.82, 2.24) is 14.3 Å². The number of hydrogen-bond donors (Lipinski definition) is 0. The van der Waals surface area contributed by atoms with Gasteiger partial charge in [0.1, 0.15) is 12.5 Å². The molecule has 0 aliphatic carbocycles. The second kappa shape index (κ2) is 5.87. The van der Waals surface area contributed by atoms with Crippen LogP contribution < -0.4 is 11.2 Å². The van der Waals surface area contributed by atoms with Crippen LogP contribution in [0.2, 0.25) is 0 Å². The number of aryl methyl sites for hydroxylation is 1. The highest BCUT2D eigenvalue weighted by molar-refractivity contribution is 5.95. The van der Waals surface area contributed by atoms with Crippen molar-refractivity contribution >= 4 is 12.2 Å². The highest BCUT2D eigenvalue weighted by Gasteiger charge is 2.15. The van der Waals surface area contributed by atoms with Gasteiger partial charge in [0.2, 0.25) is 0 Å². The SMILES string of the molecule is O=CCCn1ncc(=O)n(C(=O)c2ccccc2)c1=O. The molecule has 0 atom stereocenters. The lowest BCUT2D eigenvalue weighted by molar-refractivity contribution is -0.108. The summed E-state index contributed by atoms with van der Waals surface area (Å²) in [5.74, 6) is -0.720. The number of rotatable bonds is 4. The summed E-state index contributed by atoms with van der Waals surface area (Å²) in [6.45, 7) is 0.0185. The molecule has 7 nitrogen and oxygen atoms in total. The van der Waals surface area contributed by atoms with Crippen LogP contribution in [-0.2, 0) is 11.3 Å². The van der Waals surface area contributed by atoms with Gasteiger partial charge in [-0.1, -0.05) is 18.2 Å². The number of aromatic nitrogens is 3. The van der Waals surface area contributed by atoms with Gasteiger partial charge < -0.3 is 4.79 Å². The van der Waals surface area contributed by atoms with Crippen LogP contribution >= 0.6 is 0 Å². The van der Waals surface area contributed by atoms with E-state index in [4.69, 9.17) is 0 Å². The molecule has 0 spiro atoms. The van der Waals surface area contributed by atoms with E-state index in [1.165, 1.54) is 12.1 Å². The predicted molar refractivity (Wildman–Crippen MR) is 69.6 cm³/mol. The second-order valence-corrected chi connectivity index (χ2v) is 3.95. The molecule has 0 amide bonds. The average Bonchev–Trinajstić information content (AvgIpc) is 2.47. The summed E-state index contributed by atoms with van der Waals surface area (Å²) in [6, 6.07) is 7.98. The number of aldehydes is 1. The first-order valence-electron chi connectivity index (χ1n) is 5.87. The van der Waals surface area contributed by atoms with Crippen LogP contribution in [0.15, 0.2) is 46.1 Å². The molecule has 1 heterocycles. The molecule has 2 aromatic rings. The fourth-order valence-corrected chi connectivity index (χ4v) is 1.66. The predicted octanol–water partition coefficient (Wildman–Crippen LogP) is -0.318. The largest absolute Gasteiger partial charge is 0.354 e. The average molecular weight is 273 g/mol. The van der Waals surface area contributed by atoms with E-state index in [1.807, 2.05) is 0 Å². The second-order valence-electron chi connectivity index (χ2n) is 3.95. The van der Waals surface area contributed by atoms with Gasteiger partial charge in [0, 0.05) is 12.0 Å². The molecule has 2 rings (SSSR count). The smallest absolute Gasteiger partial charge is 0.303 e. The Hall–Kier alpha value is -2.83. The van der Waals surface area contributed by atoms with Crippen LogP contribution in [0.1, 0.15) is 16.8 Å². The topological polar surface area (TPSA) is 91.0 Å². The molecule has 1 aromatic heterocycles. The third-order valence-corrected chi connectivity index (χ3v) is 2.62. The molecule has 20 heavy (non-hydrogen) atoms. The molecule has 0 aliphatic rings. The summed E-state index contributed by atoms with van der Waals surface area (Å²) < 4.78 is 1.42. The minimum Gasteiger partial charge on any atom is -0.303 e. The summed E-state index contributed by atoms with van der Waals surface area (Å²) in [5.41, 5.74) is -1.43. The zero-order valence-electron chi connectivity index (χ0n) is 10.4. The molecular weight excluding hydrogens is 262 g/mol. The molecule has 0 unspecified atom stereocenters. The highest BCUT2D eigenvalue weighted by atomic mass is 16.2. The van der Waals surface area contributed by atoms with Gasteiger partial charge in [0.15, 0.2) is 0 Å². The van der Waals surface area contributed by atoms with Crippen molar-refractivity contribution in [3.8, 4) is 0 Å². The van der Waals surface area contributed by atoms with E-state index >= 15 is 0 Å². The van der Waals surface area contributed by atoms with Gasteiger partial charge in [-0.3, -0.25) is 9.59 Å². The van der Waals surface area contributed by atoms with Crippen molar-refractivity contribution < 1.29 is 9.59 Å². The van der Waals surface area contributed by atoms with Crippen LogP contribution in [0, 0.1) is 0 Å². The maximum atomic E-state index is 12.2. The van der Waals surface area contributed by atoms with Gasteiger partial charge in [0.05, 0.1) is 6.54 Å².